The van der Waals surface area contributed by atoms with Crippen LogP contribution in [0.4, 0.5) is 8.78 Å². The predicted molar refractivity (Wildman–Crippen MR) is 75.7 cm³/mol. The third-order valence-electron chi connectivity index (χ3n) is 3.08. The summed E-state index contributed by atoms with van der Waals surface area (Å²) in [7, 11) is 0. The molecule has 0 spiro atoms. The minimum Gasteiger partial charge on any atom is -0.321 e. The lowest BCUT2D eigenvalue weighted by molar-refractivity contribution is 0.488. The molecule has 1 unspecified atom stereocenters. The Kier molecular flexibility index (Phi) is 4.02. The molecule has 0 aliphatic carbocycles. The smallest absolute Gasteiger partial charge is 0.124 e. The molecule has 2 aromatic carbocycles. The normalized spacial score (nSPS) is 14.2. The van der Waals surface area contributed by atoms with Crippen molar-refractivity contribution in [3.63, 3.8) is 0 Å². The van der Waals surface area contributed by atoms with Crippen LogP contribution >= 0.6 is 15.9 Å². The third kappa shape index (κ3) is 3.39. The Bertz CT molecular complexity index is 579. The van der Waals surface area contributed by atoms with Crippen LogP contribution in [-0.4, -0.2) is 0 Å². The molecule has 100 valence electrons. The standard InChI is InChI=1S/C15H14BrF2N/c1-15(19,11-3-6-12(17)7-4-11)9-10-2-5-13(18)8-14(10)16/h2-8H,9,19H2,1H3. The summed E-state index contributed by atoms with van der Waals surface area (Å²) in [6.45, 7) is 1.87. The SMILES string of the molecule is CC(N)(Cc1ccc(F)cc1Br)c1ccc(F)cc1. The zero-order valence-electron chi connectivity index (χ0n) is 10.5. The zero-order valence-corrected chi connectivity index (χ0v) is 12.0. The molecular formula is C15H14BrF2N. The van der Waals surface area contributed by atoms with E-state index in [9.17, 15) is 8.78 Å². The summed E-state index contributed by atoms with van der Waals surface area (Å²) in [4.78, 5) is 0. The molecule has 2 rings (SSSR count). The maximum atomic E-state index is 13.0. The molecule has 0 fully saturated rings. The number of benzene rings is 2. The van der Waals surface area contributed by atoms with Gasteiger partial charge in [-0.3, -0.25) is 0 Å². The van der Waals surface area contributed by atoms with E-state index < -0.39 is 5.54 Å². The van der Waals surface area contributed by atoms with Crippen molar-refractivity contribution in [3.8, 4) is 0 Å². The summed E-state index contributed by atoms with van der Waals surface area (Å²) in [6, 6.07) is 10.6. The van der Waals surface area contributed by atoms with Gasteiger partial charge >= 0.3 is 0 Å². The van der Waals surface area contributed by atoms with E-state index in [0.29, 0.717) is 10.9 Å². The van der Waals surface area contributed by atoms with Crippen LogP contribution in [0.5, 0.6) is 0 Å². The topological polar surface area (TPSA) is 26.0 Å². The van der Waals surface area contributed by atoms with Crippen LogP contribution in [0.1, 0.15) is 18.1 Å². The zero-order chi connectivity index (χ0) is 14.0. The fourth-order valence-corrected chi connectivity index (χ4v) is 2.48. The highest BCUT2D eigenvalue weighted by Crippen LogP contribution is 2.27. The lowest BCUT2D eigenvalue weighted by atomic mass is 9.86. The van der Waals surface area contributed by atoms with E-state index >= 15 is 0 Å². The molecule has 0 aliphatic rings. The van der Waals surface area contributed by atoms with Gasteiger partial charge in [0.05, 0.1) is 0 Å². The Balaban J connectivity index is 2.27. The average molecular weight is 326 g/mol. The first-order chi connectivity index (χ1) is 8.88. The van der Waals surface area contributed by atoms with Crippen LogP contribution < -0.4 is 5.73 Å². The van der Waals surface area contributed by atoms with Gasteiger partial charge in [0.25, 0.3) is 0 Å². The quantitative estimate of drug-likeness (QED) is 0.901. The van der Waals surface area contributed by atoms with Gasteiger partial charge in [-0.2, -0.15) is 0 Å². The summed E-state index contributed by atoms with van der Waals surface area (Å²) >= 11 is 3.33. The van der Waals surface area contributed by atoms with Crippen LogP contribution in [0, 0.1) is 11.6 Å². The van der Waals surface area contributed by atoms with Crippen LogP contribution in [0.25, 0.3) is 0 Å². The maximum Gasteiger partial charge on any atom is 0.124 e. The van der Waals surface area contributed by atoms with E-state index in [0.717, 1.165) is 11.1 Å². The van der Waals surface area contributed by atoms with E-state index in [4.69, 9.17) is 5.73 Å². The van der Waals surface area contributed by atoms with Crippen molar-refractivity contribution in [1.82, 2.24) is 0 Å². The predicted octanol–water partition coefficient (Wildman–Crippen LogP) is 4.14. The lowest BCUT2D eigenvalue weighted by Gasteiger charge is -2.26. The third-order valence-corrected chi connectivity index (χ3v) is 3.81. The second-order valence-corrected chi connectivity index (χ2v) is 5.69. The van der Waals surface area contributed by atoms with Gasteiger partial charge in [-0.05, 0) is 48.7 Å². The molecule has 2 N–H and O–H groups in total. The molecule has 0 saturated carbocycles. The fourth-order valence-electron chi connectivity index (χ4n) is 1.99. The van der Waals surface area contributed by atoms with Gasteiger partial charge < -0.3 is 5.73 Å². The first-order valence-corrected chi connectivity index (χ1v) is 6.67. The number of hydrogen-bond acceptors (Lipinski definition) is 1. The van der Waals surface area contributed by atoms with Crippen molar-refractivity contribution >= 4 is 15.9 Å². The van der Waals surface area contributed by atoms with Crippen molar-refractivity contribution < 1.29 is 8.78 Å². The lowest BCUT2D eigenvalue weighted by Crippen LogP contribution is -2.35. The number of rotatable bonds is 3. The second kappa shape index (κ2) is 5.39. The van der Waals surface area contributed by atoms with Crippen molar-refractivity contribution in [1.29, 1.82) is 0 Å². The van der Waals surface area contributed by atoms with Gasteiger partial charge in [-0.1, -0.05) is 34.1 Å². The summed E-state index contributed by atoms with van der Waals surface area (Å²) in [5.74, 6) is -0.585. The highest BCUT2D eigenvalue weighted by atomic mass is 79.9. The highest BCUT2D eigenvalue weighted by Gasteiger charge is 2.22. The monoisotopic (exact) mass is 325 g/mol. The van der Waals surface area contributed by atoms with Crippen molar-refractivity contribution in [2.75, 3.05) is 0 Å². The molecule has 1 atom stereocenters. The molecule has 0 bridgehead atoms. The Morgan fingerprint density at radius 2 is 1.63 bits per heavy atom. The van der Waals surface area contributed by atoms with E-state index in [1.54, 1.807) is 18.2 Å². The van der Waals surface area contributed by atoms with Crippen molar-refractivity contribution in [2.45, 2.75) is 18.9 Å². The van der Waals surface area contributed by atoms with Crippen LogP contribution in [0.2, 0.25) is 0 Å². The minimum absolute atomic E-state index is 0.289. The molecule has 19 heavy (non-hydrogen) atoms. The van der Waals surface area contributed by atoms with Gasteiger partial charge in [0.2, 0.25) is 0 Å². The molecule has 0 radical (unpaired) electrons. The van der Waals surface area contributed by atoms with Gasteiger partial charge in [-0.25, -0.2) is 8.78 Å². The van der Waals surface area contributed by atoms with Gasteiger partial charge in [-0.15, -0.1) is 0 Å². The Morgan fingerprint density at radius 1 is 1.05 bits per heavy atom. The highest BCUT2D eigenvalue weighted by molar-refractivity contribution is 9.10. The summed E-state index contributed by atoms with van der Waals surface area (Å²) in [6.07, 6.45) is 0.527. The van der Waals surface area contributed by atoms with Crippen LogP contribution in [0.3, 0.4) is 0 Å². The Hall–Kier alpha value is -1.26. The van der Waals surface area contributed by atoms with Crippen molar-refractivity contribution in [3.05, 3.63) is 69.7 Å². The van der Waals surface area contributed by atoms with Gasteiger partial charge in [0, 0.05) is 10.0 Å². The van der Waals surface area contributed by atoms with Crippen molar-refractivity contribution in [2.24, 2.45) is 5.73 Å². The Labute approximate surface area is 119 Å². The molecular weight excluding hydrogens is 312 g/mol. The summed E-state index contributed by atoms with van der Waals surface area (Å²) < 4.78 is 26.7. The molecule has 4 heteroatoms. The number of nitrogens with two attached hydrogens (primary N) is 1. The van der Waals surface area contributed by atoms with Crippen LogP contribution in [0.15, 0.2) is 46.9 Å². The first-order valence-electron chi connectivity index (χ1n) is 5.87. The van der Waals surface area contributed by atoms with Gasteiger partial charge in [0.1, 0.15) is 11.6 Å². The molecule has 0 aliphatic heterocycles. The van der Waals surface area contributed by atoms with Crippen LogP contribution in [-0.2, 0) is 12.0 Å². The fraction of sp³-hybridized carbons (Fsp3) is 0.200. The summed E-state index contributed by atoms with van der Waals surface area (Å²) in [5.41, 5.74) is 7.40. The molecule has 0 saturated heterocycles. The molecule has 0 amide bonds. The minimum atomic E-state index is -0.645. The number of hydrogen-bond donors (Lipinski definition) is 1. The number of halogens is 3. The van der Waals surface area contributed by atoms with E-state index in [1.165, 1.54) is 24.3 Å². The molecule has 2 aromatic rings. The van der Waals surface area contributed by atoms with Gasteiger partial charge in [0.15, 0.2) is 0 Å². The molecule has 1 nitrogen and oxygen atoms in total. The van der Waals surface area contributed by atoms with E-state index in [-0.39, 0.29) is 11.6 Å². The second-order valence-electron chi connectivity index (χ2n) is 4.84. The summed E-state index contributed by atoms with van der Waals surface area (Å²) in [5, 5.41) is 0. The molecule has 0 aromatic heterocycles. The Morgan fingerprint density at radius 3 is 2.21 bits per heavy atom. The largest absolute Gasteiger partial charge is 0.321 e. The molecule has 0 heterocycles. The maximum absolute atomic E-state index is 13.0. The average Bonchev–Trinajstić information content (AvgIpc) is 2.33. The van der Waals surface area contributed by atoms with E-state index in [2.05, 4.69) is 15.9 Å². The first kappa shape index (κ1) is 14.2. The van der Waals surface area contributed by atoms with E-state index in [1.807, 2.05) is 6.92 Å².